The Balaban J connectivity index is 3.28. The molecule has 1 rings (SSSR count). The lowest BCUT2D eigenvalue weighted by Crippen LogP contribution is -2.12. The summed E-state index contributed by atoms with van der Waals surface area (Å²) in [4.78, 5) is 3.20. The number of hydrogen-bond acceptors (Lipinski definition) is 5. The molecule has 0 saturated carbocycles. The number of aromatic nitrogens is 1. The second-order valence-electron chi connectivity index (χ2n) is 3.50. The molecule has 1 unspecified atom stereocenters. The van der Waals surface area contributed by atoms with Gasteiger partial charge in [-0.05, 0) is 6.92 Å². The SMILES string of the molecule is CC(c1nc(C(F)(F)F)c(CN)s1)S(C)(=O)=O. The maximum absolute atomic E-state index is 12.5. The van der Waals surface area contributed by atoms with Crippen molar-refractivity contribution >= 4 is 21.2 Å². The lowest BCUT2D eigenvalue weighted by Gasteiger charge is -2.05. The molecule has 0 aliphatic carbocycles. The number of sulfone groups is 1. The Bertz CT molecular complexity index is 507. The van der Waals surface area contributed by atoms with E-state index in [-0.39, 0.29) is 16.4 Å². The summed E-state index contributed by atoms with van der Waals surface area (Å²) in [5.41, 5.74) is 4.10. The molecule has 0 radical (unpaired) electrons. The third kappa shape index (κ3) is 3.17. The summed E-state index contributed by atoms with van der Waals surface area (Å²) in [5, 5.41) is -1.14. The second kappa shape index (κ2) is 4.54. The van der Waals surface area contributed by atoms with Crippen molar-refractivity contribution in [2.75, 3.05) is 6.26 Å². The van der Waals surface area contributed by atoms with Crippen LogP contribution in [0.5, 0.6) is 0 Å². The van der Waals surface area contributed by atoms with Crippen LogP contribution in [0.1, 0.15) is 27.8 Å². The molecule has 2 N–H and O–H groups in total. The summed E-state index contributed by atoms with van der Waals surface area (Å²) in [5.74, 6) is 0. The Kier molecular flexibility index (Phi) is 3.84. The molecular formula is C8H11F3N2O2S2. The molecule has 1 atom stereocenters. The zero-order chi connectivity index (χ0) is 13.4. The van der Waals surface area contributed by atoms with E-state index in [1.807, 2.05) is 0 Å². The summed E-state index contributed by atoms with van der Waals surface area (Å²) < 4.78 is 60.1. The van der Waals surface area contributed by atoms with E-state index < -0.39 is 27.0 Å². The molecule has 0 amide bonds. The second-order valence-corrected chi connectivity index (χ2v) is 6.98. The van der Waals surface area contributed by atoms with E-state index in [1.165, 1.54) is 6.92 Å². The van der Waals surface area contributed by atoms with E-state index in [9.17, 15) is 21.6 Å². The van der Waals surface area contributed by atoms with Gasteiger partial charge in [-0.2, -0.15) is 13.2 Å². The van der Waals surface area contributed by atoms with Crippen molar-refractivity contribution in [2.45, 2.75) is 24.9 Å². The van der Waals surface area contributed by atoms with Gasteiger partial charge in [-0.3, -0.25) is 0 Å². The van der Waals surface area contributed by atoms with Crippen molar-refractivity contribution in [3.05, 3.63) is 15.6 Å². The number of nitrogens with two attached hydrogens (primary N) is 1. The summed E-state index contributed by atoms with van der Waals surface area (Å²) in [6.45, 7) is 0.984. The van der Waals surface area contributed by atoms with Crippen LogP contribution in [-0.4, -0.2) is 19.7 Å². The Hall–Kier alpha value is -0.670. The highest BCUT2D eigenvalue weighted by Crippen LogP contribution is 2.37. The van der Waals surface area contributed by atoms with E-state index in [0.717, 1.165) is 6.26 Å². The van der Waals surface area contributed by atoms with Crippen molar-refractivity contribution < 1.29 is 21.6 Å². The zero-order valence-corrected chi connectivity index (χ0v) is 10.7. The van der Waals surface area contributed by atoms with Gasteiger partial charge in [0.1, 0.15) is 10.3 Å². The van der Waals surface area contributed by atoms with Gasteiger partial charge >= 0.3 is 6.18 Å². The molecular weight excluding hydrogens is 277 g/mol. The quantitative estimate of drug-likeness (QED) is 0.919. The third-order valence-electron chi connectivity index (χ3n) is 2.16. The number of halogens is 3. The van der Waals surface area contributed by atoms with Gasteiger partial charge in [0.15, 0.2) is 15.5 Å². The Labute approximate surface area is 101 Å². The average Bonchev–Trinajstić information content (AvgIpc) is 2.57. The molecule has 1 aromatic rings. The van der Waals surface area contributed by atoms with Crippen LogP contribution in [0, 0.1) is 0 Å². The fraction of sp³-hybridized carbons (Fsp3) is 0.625. The number of hydrogen-bond donors (Lipinski definition) is 1. The molecule has 9 heteroatoms. The van der Waals surface area contributed by atoms with E-state index in [0.29, 0.717) is 11.3 Å². The van der Waals surface area contributed by atoms with Crippen LogP contribution in [-0.2, 0) is 22.6 Å². The molecule has 0 saturated heterocycles. The van der Waals surface area contributed by atoms with Crippen LogP contribution < -0.4 is 5.73 Å². The maximum Gasteiger partial charge on any atom is 0.434 e. The van der Waals surface area contributed by atoms with Crippen LogP contribution in [0.3, 0.4) is 0 Å². The summed E-state index contributed by atoms with van der Waals surface area (Å²) in [7, 11) is -3.47. The average molecular weight is 288 g/mol. The smallest absolute Gasteiger partial charge is 0.326 e. The molecule has 1 aromatic heterocycles. The van der Waals surface area contributed by atoms with E-state index in [1.54, 1.807) is 0 Å². The maximum atomic E-state index is 12.5. The molecule has 0 bridgehead atoms. The molecule has 4 nitrogen and oxygen atoms in total. The molecule has 0 spiro atoms. The van der Waals surface area contributed by atoms with Crippen LogP contribution >= 0.6 is 11.3 Å². The predicted octanol–water partition coefficient (Wildman–Crippen LogP) is 1.73. The summed E-state index contributed by atoms with van der Waals surface area (Å²) in [6.07, 6.45) is -3.66. The van der Waals surface area contributed by atoms with Crippen molar-refractivity contribution in [2.24, 2.45) is 5.73 Å². The minimum absolute atomic E-state index is 0.0831. The first-order chi connectivity index (χ1) is 7.57. The molecule has 98 valence electrons. The first-order valence-electron chi connectivity index (χ1n) is 4.53. The number of thiazole rings is 1. The minimum atomic E-state index is -4.61. The van der Waals surface area contributed by atoms with Gasteiger partial charge < -0.3 is 5.73 Å². The van der Waals surface area contributed by atoms with Crippen molar-refractivity contribution in [3.8, 4) is 0 Å². The van der Waals surface area contributed by atoms with Gasteiger partial charge in [-0.15, -0.1) is 11.3 Å². The lowest BCUT2D eigenvalue weighted by atomic mass is 10.3. The van der Waals surface area contributed by atoms with Crippen LogP contribution in [0.2, 0.25) is 0 Å². The molecule has 0 fully saturated rings. The Morgan fingerprint density at radius 2 is 2.00 bits per heavy atom. The highest BCUT2D eigenvalue weighted by atomic mass is 32.2. The number of nitrogens with zero attached hydrogens (tertiary/aromatic N) is 1. The molecule has 0 aliphatic rings. The highest BCUT2D eigenvalue weighted by Gasteiger charge is 2.38. The van der Waals surface area contributed by atoms with Gasteiger partial charge in [0, 0.05) is 12.8 Å². The first-order valence-corrected chi connectivity index (χ1v) is 7.30. The number of alkyl halides is 3. The lowest BCUT2D eigenvalue weighted by molar-refractivity contribution is -0.141. The number of rotatable bonds is 3. The summed E-state index contributed by atoms with van der Waals surface area (Å²) >= 11 is 0.686. The molecule has 0 aromatic carbocycles. The minimum Gasteiger partial charge on any atom is -0.326 e. The summed E-state index contributed by atoms with van der Waals surface area (Å²) in [6, 6.07) is 0. The van der Waals surface area contributed by atoms with Crippen molar-refractivity contribution in [1.29, 1.82) is 0 Å². The van der Waals surface area contributed by atoms with Gasteiger partial charge in [0.05, 0.1) is 4.88 Å². The fourth-order valence-corrected chi connectivity index (χ4v) is 3.07. The van der Waals surface area contributed by atoms with E-state index in [4.69, 9.17) is 5.73 Å². The molecule has 17 heavy (non-hydrogen) atoms. The Morgan fingerprint density at radius 1 is 1.47 bits per heavy atom. The topological polar surface area (TPSA) is 73.0 Å². The van der Waals surface area contributed by atoms with Crippen LogP contribution in [0.15, 0.2) is 0 Å². The van der Waals surface area contributed by atoms with E-state index >= 15 is 0 Å². The highest BCUT2D eigenvalue weighted by molar-refractivity contribution is 7.91. The third-order valence-corrected chi connectivity index (χ3v) is 5.08. The standard InChI is InChI=1S/C8H11F3N2O2S2/c1-4(17(2,14)15)7-13-6(8(9,10)11)5(3-12)16-7/h4H,3,12H2,1-2H3. The normalized spacial score (nSPS) is 14.9. The largest absolute Gasteiger partial charge is 0.434 e. The van der Waals surface area contributed by atoms with Gasteiger partial charge in [-0.25, -0.2) is 13.4 Å². The Morgan fingerprint density at radius 3 is 2.29 bits per heavy atom. The predicted molar refractivity (Wildman–Crippen MR) is 58.3 cm³/mol. The fourth-order valence-electron chi connectivity index (χ4n) is 1.09. The van der Waals surface area contributed by atoms with Crippen LogP contribution in [0.25, 0.3) is 0 Å². The van der Waals surface area contributed by atoms with Crippen LogP contribution in [0.4, 0.5) is 13.2 Å². The van der Waals surface area contributed by atoms with E-state index in [2.05, 4.69) is 4.98 Å². The molecule has 1 heterocycles. The van der Waals surface area contributed by atoms with Gasteiger partial charge in [0.25, 0.3) is 0 Å². The molecule has 0 aliphatic heterocycles. The van der Waals surface area contributed by atoms with Gasteiger partial charge in [0.2, 0.25) is 0 Å². The van der Waals surface area contributed by atoms with Gasteiger partial charge in [-0.1, -0.05) is 0 Å². The monoisotopic (exact) mass is 288 g/mol. The first kappa shape index (κ1) is 14.4. The van der Waals surface area contributed by atoms with Crippen molar-refractivity contribution in [1.82, 2.24) is 4.98 Å². The zero-order valence-electron chi connectivity index (χ0n) is 9.08. The van der Waals surface area contributed by atoms with Crippen molar-refractivity contribution in [3.63, 3.8) is 0 Å².